The Balaban J connectivity index is 2.13. The Bertz CT molecular complexity index is 144. The normalized spacial score (nSPS) is 24.0. The number of hydrogen-bond acceptors (Lipinski definition) is 5. The molecule has 0 amide bonds. The molecule has 1 fully saturated rings. The Morgan fingerprint density at radius 2 is 2.47 bits per heavy atom. The number of rotatable bonds is 7. The summed E-state index contributed by atoms with van der Waals surface area (Å²) in [4.78, 5) is 0. The third-order valence-electron chi connectivity index (χ3n) is 2.45. The quantitative estimate of drug-likeness (QED) is 0.617. The number of nitrogens with one attached hydrogen (secondary N) is 1. The van der Waals surface area contributed by atoms with Gasteiger partial charge in [0, 0.05) is 26.3 Å². The summed E-state index contributed by atoms with van der Waals surface area (Å²) in [7, 11) is 1.66. The fourth-order valence-corrected chi connectivity index (χ4v) is 1.56. The second-order valence-corrected chi connectivity index (χ2v) is 3.68. The lowest BCUT2D eigenvalue weighted by Gasteiger charge is -2.25. The van der Waals surface area contributed by atoms with Crippen LogP contribution in [-0.4, -0.2) is 57.5 Å². The number of aliphatic hydroxyl groups excluding tert-OH is 1. The van der Waals surface area contributed by atoms with E-state index in [1.807, 2.05) is 0 Å². The zero-order valence-electron chi connectivity index (χ0n) is 9.28. The van der Waals surface area contributed by atoms with Gasteiger partial charge in [-0.2, -0.15) is 0 Å². The average molecular weight is 219 g/mol. The van der Waals surface area contributed by atoms with Gasteiger partial charge in [-0.05, 0) is 12.8 Å². The van der Waals surface area contributed by atoms with E-state index in [1.165, 1.54) is 0 Å². The lowest BCUT2D eigenvalue weighted by Crippen LogP contribution is -2.41. The fraction of sp³-hybridized carbons (Fsp3) is 1.00. The number of methoxy groups -OCH3 is 1. The summed E-state index contributed by atoms with van der Waals surface area (Å²) in [6.45, 7) is 2.74. The summed E-state index contributed by atoms with van der Waals surface area (Å²) in [5.74, 6) is 0. The van der Waals surface area contributed by atoms with E-state index in [-0.39, 0.29) is 18.8 Å². The summed E-state index contributed by atoms with van der Waals surface area (Å²) in [6, 6.07) is 0.200. The van der Waals surface area contributed by atoms with Crippen molar-refractivity contribution in [3.63, 3.8) is 0 Å². The monoisotopic (exact) mass is 219 g/mol. The van der Waals surface area contributed by atoms with Gasteiger partial charge in [-0.25, -0.2) is 0 Å². The molecule has 0 aromatic heterocycles. The molecule has 1 rings (SSSR count). The molecule has 2 unspecified atom stereocenters. The average Bonchev–Trinajstić information content (AvgIpc) is 2.28. The van der Waals surface area contributed by atoms with E-state index in [9.17, 15) is 0 Å². The molecule has 0 saturated carbocycles. The lowest BCUT2D eigenvalue weighted by atomic mass is 10.2. The minimum Gasteiger partial charge on any atom is -0.396 e. The highest BCUT2D eigenvalue weighted by molar-refractivity contribution is 4.70. The van der Waals surface area contributed by atoms with Crippen molar-refractivity contribution >= 4 is 0 Å². The predicted molar refractivity (Wildman–Crippen MR) is 55.7 cm³/mol. The minimum absolute atomic E-state index is 0.176. The van der Waals surface area contributed by atoms with Crippen molar-refractivity contribution in [2.75, 3.05) is 40.3 Å². The van der Waals surface area contributed by atoms with Crippen molar-refractivity contribution in [3.8, 4) is 0 Å². The van der Waals surface area contributed by atoms with Crippen LogP contribution in [0.4, 0.5) is 0 Å². The van der Waals surface area contributed by atoms with Crippen LogP contribution in [-0.2, 0) is 14.2 Å². The maximum absolute atomic E-state index is 8.85. The Morgan fingerprint density at radius 3 is 3.07 bits per heavy atom. The van der Waals surface area contributed by atoms with Gasteiger partial charge in [0.2, 0.25) is 0 Å². The van der Waals surface area contributed by atoms with Crippen LogP contribution in [0, 0.1) is 0 Å². The molecule has 0 aliphatic carbocycles. The third kappa shape index (κ3) is 5.44. The molecule has 5 heteroatoms. The van der Waals surface area contributed by atoms with E-state index in [0.717, 1.165) is 19.6 Å². The summed E-state index contributed by atoms with van der Waals surface area (Å²) in [5, 5.41) is 12.2. The zero-order valence-corrected chi connectivity index (χ0v) is 9.28. The standard InChI is InChI=1S/C10H21NO4/c1-13-7-9(2-4-12)11-6-10-3-5-14-8-15-10/h9-12H,2-8H2,1H3. The van der Waals surface area contributed by atoms with E-state index >= 15 is 0 Å². The molecule has 1 aliphatic heterocycles. The van der Waals surface area contributed by atoms with Gasteiger partial charge < -0.3 is 24.6 Å². The molecule has 0 spiro atoms. The lowest BCUT2D eigenvalue weighted by molar-refractivity contribution is -0.137. The van der Waals surface area contributed by atoms with Crippen LogP contribution in [0.5, 0.6) is 0 Å². The molecule has 0 radical (unpaired) electrons. The van der Waals surface area contributed by atoms with E-state index in [2.05, 4.69) is 5.32 Å². The molecule has 1 heterocycles. The van der Waals surface area contributed by atoms with Crippen LogP contribution in [0.25, 0.3) is 0 Å². The van der Waals surface area contributed by atoms with Gasteiger partial charge in [-0.1, -0.05) is 0 Å². The van der Waals surface area contributed by atoms with Crippen molar-refractivity contribution in [3.05, 3.63) is 0 Å². The molecule has 5 nitrogen and oxygen atoms in total. The second-order valence-electron chi connectivity index (χ2n) is 3.68. The second kappa shape index (κ2) is 8.01. The third-order valence-corrected chi connectivity index (χ3v) is 2.45. The highest BCUT2D eigenvalue weighted by atomic mass is 16.7. The Labute approximate surface area is 90.7 Å². The maximum atomic E-state index is 8.85. The molecule has 0 aromatic carbocycles. The van der Waals surface area contributed by atoms with Crippen LogP contribution in [0.2, 0.25) is 0 Å². The molecule has 1 saturated heterocycles. The van der Waals surface area contributed by atoms with Crippen LogP contribution in [0.15, 0.2) is 0 Å². The van der Waals surface area contributed by atoms with Crippen molar-refractivity contribution in [1.29, 1.82) is 0 Å². The molecule has 0 bridgehead atoms. The fourth-order valence-electron chi connectivity index (χ4n) is 1.56. The van der Waals surface area contributed by atoms with Crippen molar-refractivity contribution in [2.24, 2.45) is 0 Å². The van der Waals surface area contributed by atoms with Crippen molar-refractivity contribution in [2.45, 2.75) is 25.0 Å². The molecular formula is C10H21NO4. The van der Waals surface area contributed by atoms with Crippen LogP contribution >= 0.6 is 0 Å². The molecule has 0 aromatic rings. The number of hydrogen-bond donors (Lipinski definition) is 2. The first-order valence-corrected chi connectivity index (χ1v) is 5.39. The topological polar surface area (TPSA) is 60.0 Å². The van der Waals surface area contributed by atoms with Crippen LogP contribution < -0.4 is 5.32 Å². The van der Waals surface area contributed by atoms with Gasteiger partial charge in [-0.3, -0.25) is 0 Å². The van der Waals surface area contributed by atoms with Gasteiger partial charge in [0.05, 0.1) is 19.3 Å². The smallest absolute Gasteiger partial charge is 0.147 e. The largest absolute Gasteiger partial charge is 0.396 e. The first kappa shape index (κ1) is 12.9. The molecule has 90 valence electrons. The molecule has 1 aliphatic rings. The Morgan fingerprint density at radius 1 is 1.60 bits per heavy atom. The van der Waals surface area contributed by atoms with E-state index in [1.54, 1.807) is 7.11 Å². The summed E-state index contributed by atoms with van der Waals surface area (Å²) in [6.07, 6.45) is 1.85. The summed E-state index contributed by atoms with van der Waals surface area (Å²) >= 11 is 0. The van der Waals surface area contributed by atoms with Gasteiger partial charge in [-0.15, -0.1) is 0 Å². The number of aliphatic hydroxyl groups is 1. The summed E-state index contributed by atoms with van der Waals surface area (Å²) in [5.41, 5.74) is 0. The maximum Gasteiger partial charge on any atom is 0.147 e. The molecule has 2 atom stereocenters. The SMILES string of the molecule is COCC(CCO)NCC1CCOCO1. The van der Waals surface area contributed by atoms with Crippen LogP contribution in [0.3, 0.4) is 0 Å². The van der Waals surface area contributed by atoms with E-state index in [4.69, 9.17) is 19.3 Å². The Kier molecular flexibility index (Phi) is 6.87. The zero-order chi connectivity index (χ0) is 10.9. The molecule has 2 N–H and O–H groups in total. The van der Waals surface area contributed by atoms with E-state index < -0.39 is 0 Å². The number of ether oxygens (including phenoxy) is 3. The first-order valence-electron chi connectivity index (χ1n) is 5.39. The van der Waals surface area contributed by atoms with Gasteiger partial charge in [0.1, 0.15) is 6.79 Å². The van der Waals surface area contributed by atoms with Crippen LogP contribution in [0.1, 0.15) is 12.8 Å². The van der Waals surface area contributed by atoms with Crippen molar-refractivity contribution in [1.82, 2.24) is 5.32 Å². The minimum atomic E-state index is 0.176. The van der Waals surface area contributed by atoms with Gasteiger partial charge >= 0.3 is 0 Å². The van der Waals surface area contributed by atoms with Gasteiger partial charge in [0.15, 0.2) is 0 Å². The molecule has 15 heavy (non-hydrogen) atoms. The first-order chi connectivity index (χ1) is 7.36. The highest BCUT2D eigenvalue weighted by Crippen LogP contribution is 2.05. The Hall–Kier alpha value is -0.200. The predicted octanol–water partition coefficient (Wildman–Crippen LogP) is -0.264. The van der Waals surface area contributed by atoms with Gasteiger partial charge in [0.25, 0.3) is 0 Å². The summed E-state index contributed by atoms with van der Waals surface area (Å²) < 4.78 is 15.5. The van der Waals surface area contributed by atoms with Crippen molar-refractivity contribution < 1.29 is 19.3 Å². The van der Waals surface area contributed by atoms with E-state index in [0.29, 0.717) is 19.8 Å². The highest BCUT2D eigenvalue weighted by Gasteiger charge is 2.16. The molecular weight excluding hydrogens is 198 g/mol.